The van der Waals surface area contributed by atoms with Gasteiger partial charge in [-0.05, 0) is 61.4 Å². The van der Waals surface area contributed by atoms with E-state index in [0.717, 1.165) is 11.3 Å². The molecule has 0 saturated carbocycles. The molecule has 0 atom stereocenters. The molecule has 24 heavy (non-hydrogen) atoms. The van der Waals surface area contributed by atoms with E-state index in [1.807, 2.05) is 37.3 Å². The van der Waals surface area contributed by atoms with Crippen LogP contribution in [0.15, 0.2) is 64.0 Å². The molecule has 0 bridgehead atoms. The summed E-state index contributed by atoms with van der Waals surface area (Å²) >= 11 is 0. The number of nitrogens with zero attached hydrogens (tertiary/aromatic N) is 2. The van der Waals surface area contributed by atoms with Crippen LogP contribution in [0.5, 0.6) is 0 Å². The molecular formula is C19H16N2O3. The summed E-state index contributed by atoms with van der Waals surface area (Å²) in [7, 11) is 0. The first-order valence-electron chi connectivity index (χ1n) is 7.49. The average molecular weight is 320 g/mol. The number of rotatable bonds is 4. The van der Waals surface area contributed by atoms with Crippen LogP contribution in [0.4, 0.5) is 11.4 Å². The fourth-order valence-corrected chi connectivity index (χ4v) is 2.27. The predicted molar refractivity (Wildman–Crippen MR) is 94.0 cm³/mol. The molecule has 0 fully saturated rings. The maximum absolute atomic E-state index is 10.7. The van der Waals surface area contributed by atoms with Gasteiger partial charge in [0.15, 0.2) is 0 Å². The molecule has 2 aromatic carbocycles. The van der Waals surface area contributed by atoms with Gasteiger partial charge in [0.25, 0.3) is 5.69 Å². The van der Waals surface area contributed by atoms with Crippen LogP contribution in [-0.4, -0.2) is 11.1 Å². The standard InChI is InChI=1S/C19H16N2O3/c1-13-3-6-16(11-14(13)2)20-12-18-9-10-19(24-18)15-4-7-17(8-5-15)21(22)23/h3-12H,1-2H3. The molecule has 5 heteroatoms. The van der Waals surface area contributed by atoms with E-state index in [9.17, 15) is 10.1 Å². The molecule has 3 rings (SSSR count). The van der Waals surface area contributed by atoms with E-state index in [1.165, 1.54) is 23.3 Å². The number of nitro benzene ring substituents is 1. The van der Waals surface area contributed by atoms with E-state index in [2.05, 4.69) is 11.9 Å². The molecule has 0 aliphatic carbocycles. The van der Waals surface area contributed by atoms with Crippen molar-refractivity contribution in [3.63, 3.8) is 0 Å². The van der Waals surface area contributed by atoms with Crippen LogP contribution in [0.2, 0.25) is 0 Å². The molecule has 1 heterocycles. The zero-order valence-corrected chi connectivity index (χ0v) is 13.4. The Morgan fingerprint density at radius 3 is 2.42 bits per heavy atom. The fraction of sp³-hybridized carbons (Fsp3) is 0.105. The molecule has 0 unspecified atom stereocenters. The highest BCUT2D eigenvalue weighted by atomic mass is 16.6. The SMILES string of the molecule is Cc1ccc(N=Cc2ccc(-c3ccc([N+](=O)[O-])cc3)o2)cc1C. The predicted octanol–water partition coefficient (Wildman–Crippen LogP) is 5.22. The summed E-state index contributed by atoms with van der Waals surface area (Å²) in [5.74, 6) is 1.27. The Morgan fingerprint density at radius 2 is 1.75 bits per heavy atom. The average Bonchev–Trinajstić information content (AvgIpc) is 3.05. The highest BCUT2D eigenvalue weighted by Gasteiger charge is 2.07. The zero-order valence-electron chi connectivity index (χ0n) is 13.4. The summed E-state index contributed by atoms with van der Waals surface area (Å²) in [5, 5.41) is 10.7. The van der Waals surface area contributed by atoms with Gasteiger partial charge in [-0.15, -0.1) is 0 Å². The smallest absolute Gasteiger partial charge is 0.269 e. The first-order valence-corrected chi connectivity index (χ1v) is 7.49. The third-order valence-corrected chi connectivity index (χ3v) is 3.82. The molecular weight excluding hydrogens is 304 g/mol. The summed E-state index contributed by atoms with van der Waals surface area (Å²) in [6.07, 6.45) is 1.67. The van der Waals surface area contributed by atoms with Crippen molar-refractivity contribution in [3.05, 3.63) is 81.6 Å². The molecule has 0 spiro atoms. The van der Waals surface area contributed by atoms with E-state index in [4.69, 9.17) is 4.42 Å². The van der Waals surface area contributed by atoms with Gasteiger partial charge in [0.1, 0.15) is 11.5 Å². The molecule has 120 valence electrons. The molecule has 0 radical (unpaired) electrons. The minimum atomic E-state index is -0.423. The van der Waals surface area contributed by atoms with Crippen LogP contribution in [-0.2, 0) is 0 Å². The Balaban J connectivity index is 1.78. The third-order valence-electron chi connectivity index (χ3n) is 3.82. The first kappa shape index (κ1) is 15.7. The van der Waals surface area contributed by atoms with Gasteiger partial charge >= 0.3 is 0 Å². The van der Waals surface area contributed by atoms with E-state index in [-0.39, 0.29) is 5.69 Å². The van der Waals surface area contributed by atoms with Gasteiger partial charge in [-0.2, -0.15) is 0 Å². The summed E-state index contributed by atoms with van der Waals surface area (Å²) < 4.78 is 5.73. The summed E-state index contributed by atoms with van der Waals surface area (Å²) in [6.45, 7) is 4.11. The molecule has 0 saturated heterocycles. The Morgan fingerprint density at radius 1 is 1.00 bits per heavy atom. The molecule has 3 aromatic rings. The van der Waals surface area contributed by atoms with Gasteiger partial charge in [-0.3, -0.25) is 15.1 Å². The number of aliphatic imine (C=N–C) groups is 1. The summed E-state index contributed by atoms with van der Waals surface area (Å²) in [5.41, 5.74) is 4.13. The van der Waals surface area contributed by atoms with Crippen molar-refractivity contribution in [2.45, 2.75) is 13.8 Å². The minimum absolute atomic E-state index is 0.0573. The Hall–Kier alpha value is -3.21. The number of nitro groups is 1. The van der Waals surface area contributed by atoms with E-state index in [1.54, 1.807) is 18.3 Å². The second kappa shape index (κ2) is 6.50. The lowest BCUT2D eigenvalue weighted by Gasteiger charge is -2.00. The highest BCUT2D eigenvalue weighted by Crippen LogP contribution is 2.24. The lowest BCUT2D eigenvalue weighted by molar-refractivity contribution is -0.384. The van der Waals surface area contributed by atoms with Gasteiger partial charge in [0.05, 0.1) is 16.8 Å². The van der Waals surface area contributed by atoms with Crippen LogP contribution in [0.25, 0.3) is 11.3 Å². The fourth-order valence-electron chi connectivity index (χ4n) is 2.27. The van der Waals surface area contributed by atoms with Gasteiger partial charge in [-0.25, -0.2) is 0 Å². The lowest BCUT2D eigenvalue weighted by atomic mass is 10.1. The Bertz CT molecular complexity index is 909. The van der Waals surface area contributed by atoms with Gasteiger partial charge in [-0.1, -0.05) is 6.07 Å². The van der Waals surface area contributed by atoms with Crippen LogP contribution >= 0.6 is 0 Å². The lowest BCUT2D eigenvalue weighted by Crippen LogP contribution is -1.86. The van der Waals surface area contributed by atoms with Crippen LogP contribution in [0, 0.1) is 24.0 Å². The van der Waals surface area contributed by atoms with Crippen molar-refractivity contribution in [2.75, 3.05) is 0 Å². The second-order valence-corrected chi connectivity index (χ2v) is 5.53. The highest BCUT2D eigenvalue weighted by molar-refractivity contribution is 5.80. The second-order valence-electron chi connectivity index (χ2n) is 5.53. The van der Waals surface area contributed by atoms with E-state index >= 15 is 0 Å². The van der Waals surface area contributed by atoms with Crippen molar-refractivity contribution >= 4 is 17.6 Å². The molecule has 0 amide bonds. The molecule has 0 aliphatic rings. The number of aryl methyl sites for hydroxylation is 2. The summed E-state index contributed by atoms with van der Waals surface area (Å²) in [6, 6.07) is 15.9. The van der Waals surface area contributed by atoms with Gasteiger partial charge in [0.2, 0.25) is 0 Å². The van der Waals surface area contributed by atoms with Crippen molar-refractivity contribution in [1.29, 1.82) is 0 Å². The maximum atomic E-state index is 10.7. The Kier molecular flexibility index (Phi) is 4.24. The normalized spacial score (nSPS) is 11.1. The maximum Gasteiger partial charge on any atom is 0.269 e. The number of benzene rings is 2. The van der Waals surface area contributed by atoms with Crippen LogP contribution in [0.1, 0.15) is 16.9 Å². The van der Waals surface area contributed by atoms with Crippen molar-refractivity contribution in [3.8, 4) is 11.3 Å². The molecule has 1 aromatic heterocycles. The molecule has 0 N–H and O–H groups in total. The number of hydrogen-bond donors (Lipinski definition) is 0. The van der Waals surface area contributed by atoms with E-state index in [0.29, 0.717) is 11.5 Å². The largest absolute Gasteiger partial charge is 0.455 e. The Labute approximate surface area is 139 Å². The third kappa shape index (κ3) is 3.41. The zero-order chi connectivity index (χ0) is 17.1. The monoisotopic (exact) mass is 320 g/mol. The number of hydrogen-bond acceptors (Lipinski definition) is 4. The minimum Gasteiger partial charge on any atom is -0.455 e. The van der Waals surface area contributed by atoms with Gasteiger partial charge < -0.3 is 4.42 Å². The van der Waals surface area contributed by atoms with Crippen LogP contribution < -0.4 is 0 Å². The van der Waals surface area contributed by atoms with Crippen molar-refractivity contribution in [1.82, 2.24) is 0 Å². The van der Waals surface area contributed by atoms with Crippen molar-refractivity contribution < 1.29 is 9.34 Å². The molecule has 0 aliphatic heterocycles. The topological polar surface area (TPSA) is 68.6 Å². The summed E-state index contributed by atoms with van der Waals surface area (Å²) in [4.78, 5) is 14.7. The van der Waals surface area contributed by atoms with Crippen LogP contribution in [0.3, 0.4) is 0 Å². The number of furan rings is 1. The number of non-ortho nitro benzene ring substituents is 1. The molecule has 5 nitrogen and oxygen atoms in total. The first-order chi connectivity index (χ1) is 11.5. The quantitative estimate of drug-likeness (QED) is 0.376. The van der Waals surface area contributed by atoms with Gasteiger partial charge in [0, 0.05) is 17.7 Å². The van der Waals surface area contributed by atoms with E-state index < -0.39 is 4.92 Å². The van der Waals surface area contributed by atoms with Crippen molar-refractivity contribution in [2.24, 2.45) is 4.99 Å².